The summed E-state index contributed by atoms with van der Waals surface area (Å²) in [5, 5.41) is 3.35. The molecule has 0 aromatic rings. The lowest BCUT2D eigenvalue weighted by molar-refractivity contribution is 0.761. The smallest absolute Gasteiger partial charge is 0.0567 e. The third-order valence-corrected chi connectivity index (χ3v) is 1.78. The molecule has 0 saturated carbocycles. The average Bonchev–Trinajstić information content (AvgIpc) is 1.97. The van der Waals surface area contributed by atoms with Gasteiger partial charge in [0.15, 0.2) is 0 Å². The Morgan fingerprint density at radius 1 is 1.55 bits per heavy atom. The maximum atomic E-state index is 3.35. The van der Waals surface area contributed by atoms with E-state index in [-0.39, 0.29) is 0 Å². The third kappa shape index (κ3) is 6.56. The Hall–Kier alpha value is 0.170. The van der Waals surface area contributed by atoms with E-state index in [4.69, 9.17) is 0 Å². The van der Waals surface area contributed by atoms with E-state index >= 15 is 0 Å². The second kappa shape index (κ2) is 6.85. The van der Waals surface area contributed by atoms with Crippen LogP contribution in [0.2, 0.25) is 0 Å². The van der Waals surface area contributed by atoms with Crippen molar-refractivity contribution in [3.63, 3.8) is 0 Å². The SMILES string of the molecule is C/C=C\C(=C/C)CNC(C)I. The lowest BCUT2D eigenvalue weighted by Gasteiger charge is -2.06. The van der Waals surface area contributed by atoms with E-state index in [2.05, 4.69) is 60.0 Å². The normalized spacial score (nSPS) is 15.8. The summed E-state index contributed by atoms with van der Waals surface area (Å²) in [7, 11) is 0. The van der Waals surface area contributed by atoms with Crippen molar-refractivity contribution in [2.75, 3.05) is 6.54 Å². The van der Waals surface area contributed by atoms with E-state index in [1.165, 1.54) is 5.57 Å². The van der Waals surface area contributed by atoms with Crippen LogP contribution in [0.25, 0.3) is 0 Å². The monoisotopic (exact) mass is 265 g/mol. The van der Waals surface area contributed by atoms with E-state index in [1.807, 2.05) is 6.92 Å². The minimum atomic E-state index is 0.535. The summed E-state index contributed by atoms with van der Waals surface area (Å²) in [6, 6.07) is 0. The number of rotatable bonds is 4. The van der Waals surface area contributed by atoms with E-state index in [9.17, 15) is 0 Å². The maximum Gasteiger partial charge on any atom is 0.0567 e. The first kappa shape index (κ1) is 11.2. The summed E-state index contributed by atoms with van der Waals surface area (Å²) in [5.41, 5.74) is 1.34. The van der Waals surface area contributed by atoms with Crippen LogP contribution in [0, 0.1) is 0 Å². The number of allylic oxidation sites excluding steroid dienone is 2. The first-order valence-corrected chi connectivity index (χ1v) is 5.10. The molecule has 0 spiro atoms. The molecular weight excluding hydrogens is 249 g/mol. The van der Waals surface area contributed by atoms with Crippen LogP contribution in [0.3, 0.4) is 0 Å². The molecule has 0 fully saturated rings. The summed E-state index contributed by atoms with van der Waals surface area (Å²) in [6.07, 6.45) is 6.33. The van der Waals surface area contributed by atoms with Gasteiger partial charge in [-0.1, -0.05) is 40.8 Å². The average molecular weight is 265 g/mol. The Labute approximate surface area is 83.1 Å². The molecule has 0 aromatic heterocycles. The molecule has 1 atom stereocenters. The first-order chi connectivity index (χ1) is 5.20. The van der Waals surface area contributed by atoms with Crippen molar-refractivity contribution < 1.29 is 0 Å². The molecule has 1 unspecified atom stereocenters. The van der Waals surface area contributed by atoms with Crippen molar-refractivity contribution in [2.45, 2.75) is 24.8 Å². The van der Waals surface area contributed by atoms with Crippen LogP contribution in [0.15, 0.2) is 23.8 Å². The largest absolute Gasteiger partial charge is 0.302 e. The van der Waals surface area contributed by atoms with Crippen molar-refractivity contribution >= 4 is 22.6 Å². The summed E-state index contributed by atoms with van der Waals surface area (Å²) < 4.78 is 0.535. The fraction of sp³-hybridized carbons (Fsp3) is 0.556. The minimum absolute atomic E-state index is 0.535. The van der Waals surface area contributed by atoms with Crippen molar-refractivity contribution in [1.29, 1.82) is 0 Å². The Kier molecular flexibility index (Phi) is 6.96. The highest BCUT2D eigenvalue weighted by molar-refractivity contribution is 14.1. The standard InChI is InChI=1S/C9H16IN/c1-4-6-9(5-2)7-11-8(3)10/h4-6,8,11H,7H2,1-3H3/b6-4-,9-5+. The molecule has 0 amide bonds. The highest BCUT2D eigenvalue weighted by Crippen LogP contribution is 1.98. The van der Waals surface area contributed by atoms with E-state index < -0.39 is 0 Å². The molecule has 0 heterocycles. The zero-order valence-corrected chi connectivity index (χ0v) is 9.55. The summed E-state index contributed by atoms with van der Waals surface area (Å²) >= 11 is 2.36. The van der Waals surface area contributed by atoms with Crippen LogP contribution in [0.1, 0.15) is 20.8 Å². The molecule has 1 N–H and O–H groups in total. The van der Waals surface area contributed by atoms with Gasteiger partial charge in [-0.05, 0) is 26.3 Å². The van der Waals surface area contributed by atoms with Crippen LogP contribution in [-0.2, 0) is 0 Å². The van der Waals surface area contributed by atoms with E-state index in [0.29, 0.717) is 4.05 Å². The molecule has 0 aliphatic carbocycles. The van der Waals surface area contributed by atoms with Gasteiger partial charge < -0.3 is 5.32 Å². The molecule has 0 saturated heterocycles. The number of nitrogens with one attached hydrogen (secondary N) is 1. The lowest BCUT2D eigenvalue weighted by atomic mass is 10.2. The highest BCUT2D eigenvalue weighted by atomic mass is 127. The quantitative estimate of drug-likeness (QED) is 0.357. The molecule has 0 bridgehead atoms. The van der Waals surface area contributed by atoms with Gasteiger partial charge in [-0.2, -0.15) is 0 Å². The zero-order chi connectivity index (χ0) is 8.69. The van der Waals surface area contributed by atoms with E-state index in [0.717, 1.165) is 6.54 Å². The lowest BCUT2D eigenvalue weighted by Crippen LogP contribution is -2.21. The highest BCUT2D eigenvalue weighted by Gasteiger charge is 1.93. The van der Waals surface area contributed by atoms with Crippen LogP contribution in [-0.4, -0.2) is 10.6 Å². The Morgan fingerprint density at radius 2 is 2.18 bits per heavy atom. The van der Waals surface area contributed by atoms with Gasteiger partial charge in [0.1, 0.15) is 0 Å². The molecule has 0 aromatic carbocycles. The summed E-state index contributed by atoms with van der Waals surface area (Å²) in [5.74, 6) is 0. The van der Waals surface area contributed by atoms with Crippen LogP contribution in [0.4, 0.5) is 0 Å². The second-order valence-corrected chi connectivity index (χ2v) is 4.23. The van der Waals surface area contributed by atoms with Crippen LogP contribution < -0.4 is 5.32 Å². The second-order valence-electron chi connectivity index (χ2n) is 2.36. The van der Waals surface area contributed by atoms with E-state index in [1.54, 1.807) is 0 Å². The van der Waals surface area contributed by atoms with Gasteiger partial charge in [0.2, 0.25) is 0 Å². The van der Waals surface area contributed by atoms with Crippen molar-refractivity contribution in [1.82, 2.24) is 5.32 Å². The van der Waals surface area contributed by atoms with Gasteiger partial charge >= 0.3 is 0 Å². The van der Waals surface area contributed by atoms with Gasteiger partial charge in [-0.3, -0.25) is 0 Å². The number of hydrogen-bond donors (Lipinski definition) is 1. The molecule has 0 radical (unpaired) electrons. The molecule has 2 heteroatoms. The zero-order valence-electron chi connectivity index (χ0n) is 7.39. The molecule has 1 nitrogen and oxygen atoms in total. The molecule has 0 aliphatic rings. The summed E-state index contributed by atoms with van der Waals surface area (Å²) in [4.78, 5) is 0. The Morgan fingerprint density at radius 3 is 2.55 bits per heavy atom. The van der Waals surface area contributed by atoms with Gasteiger partial charge in [0, 0.05) is 6.54 Å². The number of halogens is 1. The van der Waals surface area contributed by atoms with Gasteiger partial charge in [-0.25, -0.2) is 0 Å². The molecule has 0 rings (SSSR count). The van der Waals surface area contributed by atoms with Crippen LogP contribution in [0.5, 0.6) is 0 Å². The number of alkyl halides is 1. The molecular formula is C9H16IN. The Balaban J connectivity index is 3.72. The fourth-order valence-electron chi connectivity index (χ4n) is 0.730. The molecule has 11 heavy (non-hydrogen) atoms. The van der Waals surface area contributed by atoms with Gasteiger partial charge in [0.05, 0.1) is 4.05 Å². The first-order valence-electron chi connectivity index (χ1n) is 3.86. The fourth-order valence-corrected chi connectivity index (χ4v) is 0.950. The molecule has 0 aliphatic heterocycles. The van der Waals surface area contributed by atoms with Gasteiger partial charge in [0.25, 0.3) is 0 Å². The maximum absolute atomic E-state index is 3.35. The third-order valence-electron chi connectivity index (χ3n) is 1.34. The topological polar surface area (TPSA) is 12.0 Å². The van der Waals surface area contributed by atoms with Crippen molar-refractivity contribution in [2.24, 2.45) is 0 Å². The predicted molar refractivity (Wildman–Crippen MR) is 60.1 cm³/mol. The predicted octanol–water partition coefficient (Wildman–Crippen LogP) is 2.88. The minimum Gasteiger partial charge on any atom is -0.302 e. The van der Waals surface area contributed by atoms with Crippen LogP contribution >= 0.6 is 22.6 Å². The number of hydrogen-bond acceptors (Lipinski definition) is 1. The van der Waals surface area contributed by atoms with Crippen molar-refractivity contribution in [3.8, 4) is 0 Å². The van der Waals surface area contributed by atoms with Gasteiger partial charge in [-0.15, -0.1) is 0 Å². The molecule has 64 valence electrons. The Bertz CT molecular complexity index is 148. The summed E-state index contributed by atoms with van der Waals surface area (Å²) in [6.45, 7) is 7.21. The van der Waals surface area contributed by atoms with Crippen molar-refractivity contribution in [3.05, 3.63) is 23.8 Å².